The fourth-order valence-corrected chi connectivity index (χ4v) is 6.66. The van der Waals surface area contributed by atoms with Crippen molar-refractivity contribution in [1.29, 1.82) is 0 Å². The van der Waals surface area contributed by atoms with Crippen LogP contribution in [0.4, 0.5) is 0 Å². The number of halogens is 2. The molecule has 0 aliphatic heterocycles. The van der Waals surface area contributed by atoms with Crippen molar-refractivity contribution in [3.05, 3.63) is 0 Å². The maximum absolute atomic E-state index is 12.6. The van der Waals surface area contributed by atoms with E-state index in [1.54, 1.807) is 0 Å². The lowest BCUT2D eigenvalue weighted by atomic mass is 9.64. The number of Topliss-reactive ketones (excluding diaryl/α,β-unsaturated/α-hetero) is 1. The van der Waals surface area contributed by atoms with Gasteiger partial charge in [-0.2, -0.15) is 0 Å². The lowest BCUT2D eigenvalue weighted by Gasteiger charge is -2.40. The van der Waals surface area contributed by atoms with Gasteiger partial charge in [0, 0.05) is 23.8 Å². The number of nitrogens with two attached hydrogens (primary N) is 1. The van der Waals surface area contributed by atoms with Gasteiger partial charge in [0.2, 0.25) is 5.91 Å². The first kappa shape index (κ1) is 15.4. The van der Waals surface area contributed by atoms with Crippen LogP contribution in [-0.2, 0) is 9.59 Å². The third-order valence-corrected chi connectivity index (χ3v) is 7.61. The van der Waals surface area contributed by atoms with Crippen molar-refractivity contribution in [2.24, 2.45) is 22.0 Å². The van der Waals surface area contributed by atoms with E-state index in [0.717, 1.165) is 12.8 Å². The van der Waals surface area contributed by atoms with Crippen molar-refractivity contribution in [1.82, 2.24) is 5.32 Å². The molecule has 6 heteroatoms. The second kappa shape index (κ2) is 4.81. The number of nitrogens with one attached hydrogen (secondary N) is 1. The lowest BCUT2D eigenvalue weighted by molar-refractivity contribution is -0.135. The summed E-state index contributed by atoms with van der Waals surface area (Å²) in [6.45, 7) is 4.95. The van der Waals surface area contributed by atoms with Gasteiger partial charge in [-0.25, -0.2) is 0 Å². The first-order valence-electron chi connectivity index (χ1n) is 6.54. The van der Waals surface area contributed by atoms with Gasteiger partial charge in [0.05, 0.1) is 10.2 Å². The maximum atomic E-state index is 12.6. The molecule has 0 unspecified atom stereocenters. The van der Waals surface area contributed by atoms with Crippen LogP contribution in [0.15, 0.2) is 0 Å². The van der Waals surface area contributed by atoms with E-state index >= 15 is 0 Å². The molecule has 2 saturated carbocycles. The molecule has 2 fully saturated rings. The third-order valence-electron chi connectivity index (χ3n) is 5.46. The number of hydrogen-bond donors (Lipinski definition) is 2. The number of amides is 1. The van der Waals surface area contributed by atoms with Crippen LogP contribution < -0.4 is 11.1 Å². The molecule has 2 aliphatic rings. The van der Waals surface area contributed by atoms with E-state index in [-0.39, 0.29) is 17.1 Å². The Morgan fingerprint density at radius 3 is 2.58 bits per heavy atom. The zero-order valence-corrected chi connectivity index (χ0v) is 14.4. The van der Waals surface area contributed by atoms with Gasteiger partial charge < -0.3 is 11.1 Å². The fourth-order valence-electron chi connectivity index (χ4n) is 3.96. The summed E-state index contributed by atoms with van der Waals surface area (Å²) in [5, 5.41) is 3.49. The number of alkyl halides is 2. The summed E-state index contributed by atoms with van der Waals surface area (Å²) in [5.41, 5.74) is 3.98. The monoisotopic (exact) mass is 394 g/mol. The van der Waals surface area contributed by atoms with Crippen LogP contribution in [0, 0.1) is 16.2 Å². The van der Waals surface area contributed by atoms with Crippen molar-refractivity contribution in [3.63, 3.8) is 0 Å². The highest BCUT2D eigenvalue weighted by Gasteiger charge is 2.77. The molecule has 0 spiro atoms. The first-order valence-corrected chi connectivity index (χ1v) is 8.58. The Morgan fingerprint density at radius 2 is 2.11 bits per heavy atom. The molecule has 108 valence electrons. The first-order chi connectivity index (χ1) is 8.81. The van der Waals surface area contributed by atoms with Crippen LogP contribution in [0.2, 0.25) is 0 Å². The summed E-state index contributed by atoms with van der Waals surface area (Å²) >= 11 is 7.00. The van der Waals surface area contributed by atoms with E-state index < -0.39 is 15.7 Å². The van der Waals surface area contributed by atoms with Gasteiger partial charge in [-0.3, -0.25) is 9.59 Å². The van der Waals surface area contributed by atoms with Gasteiger partial charge >= 0.3 is 0 Å². The fraction of sp³-hybridized carbons (Fsp3) is 0.846. The molecule has 2 rings (SSSR count). The molecule has 0 heterocycles. The number of hydrogen-bond acceptors (Lipinski definition) is 3. The molecule has 2 bridgehead atoms. The van der Waals surface area contributed by atoms with Gasteiger partial charge in [0.1, 0.15) is 0 Å². The van der Waals surface area contributed by atoms with Gasteiger partial charge in [-0.05, 0) is 18.3 Å². The van der Waals surface area contributed by atoms with Crippen LogP contribution in [0.25, 0.3) is 0 Å². The maximum Gasteiger partial charge on any atom is 0.228 e. The Hall–Kier alpha value is 0.0600. The SMILES string of the molecule is CC1(C)[C@@]2(CBr)CC[C@@]1(C(=O)NCCN)[C@H](Br)C2=O. The molecule has 0 aromatic rings. The Balaban J connectivity index is 2.46. The van der Waals surface area contributed by atoms with Gasteiger partial charge in [-0.1, -0.05) is 45.7 Å². The molecule has 0 aromatic heterocycles. The summed E-state index contributed by atoms with van der Waals surface area (Å²) in [4.78, 5) is 24.9. The average Bonchev–Trinajstić information content (AvgIpc) is 2.69. The zero-order valence-electron chi connectivity index (χ0n) is 11.3. The third kappa shape index (κ3) is 1.59. The number of rotatable bonds is 4. The zero-order chi connectivity index (χ0) is 14.5. The molecule has 1 amide bonds. The Bertz CT molecular complexity index is 427. The van der Waals surface area contributed by atoms with Crippen molar-refractivity contribution < 1.29 is 9.59 Å². The molecule has 0 aromatic carbocycles. The summed E-state index contributed by atoms with van der Waals surface area (Å²) in [5.74, 6) is 0.113. The second-order valence-corrected chi connectivity index (χ2v) is 7.56. The van der Waals surface area contributed by atoms with Crippen LogP contribution >= 0.6 is 31.9 Å². The van der Waals surface area contributed by atoms with Crippen LogP contribution in [-0.4, -0.2) is 34.9 Å². The Labute approximate surface area is 130 Å². The highest BCUT2D eigenvalue weighted by atomic mass is 79.9. The van der Waals surface area contributed by atoms with Gasteiger partial charge in [-0.15, -0.1) is 0 Å². The summed E-state index contributed by atoms with van der Waals surface area (Å²) in [6.07, 6.45) is 1.51. The molecule has 19 heavy (non-hydrogen) atoms. The van der Waals surface area contributed by atoms with E-state index in [1.807, 2.05) is 13.8 Å². The Kier molecular flexibility index (Phi) is 3.91. The van der Waals surface area contributed by atoms with E-state index in [1.165, 1.54) is 0 Å². The normalized spacial score (nSPS) is 39.6. The summed E-state index contributed by atoms with van der Waals surface area (Å²) in [6, 6.07) is 0. The highest BCUT2D eigenvalue weighted by Crippen LogP contribution is 2.72. The smallest absolute Gasteiger partial charge is 0.228 e. The van der Waals surface area contributed by atoms with Crippen LogP contribution in [0.3, 0.4) is 0 Å². The standard InChI is InChI=1S/C13H20Br2N2O2/c1-11(2)12(7-14)3-4-13(11,8(15)9(12)18)10(19)17-6-5-16/h8H,3-7,16H2,1-2H3,(H,17,19)/t8-,12-,13+/m1/s1. The van der Waals surface area contributed by atoms with E-state index in [9.17, 15) is 9.59 Å². The van der Waals surface area contributed by atoms with Crippen LogP contribution in [0.1, 0.15) is 26.7 Å². The molecule has 2 aliphatic carbocycles. The summed E-state index contributed by atoms with van der Waals surface area (Å²) in [7, 11) is 0. The van der Waals surface area contributed by atoms with E-state index in [0.29, 0.717) is 18.4 Å². The largest absolute Gasteiger partial charge is 0.354 e. The number of fused-ring (bicyclic) bond motifs is 2. The van der Waals surface area contributed by atoms with Crippen molar-refractivity contribution in [3.8, 4) is 0 Å². The second-order valence-electron chi connectivity index (χ2n) is 6.08. The minimum atomic E-state index is -0.660. The predicted molar refractivity (Wildman–Crippen MR) is 81.5 cm³/mol. The highest BCUT2D eigenvalue weighted by molar-refractivity contribution is 9.10. The topological polar surface area (TPSA) is 72.2 Å². The molecule has 3 N–H and O–H groups in total. The molecule has 0 radical (unpaired) electrons. The van der Waals surface area contributed by atoms with Gasteiger partial charge in [0.25, 0.3) is 0 Å². The lowest BCUT2D eigenvalue weighted by Crippen LogP contribution is -2.51. The van der Waals surface area contributed by atoms with Crippen molar-refractivity contribution in [2.75, 3.05) is 18.4 Å². The quantitative estimate of drug-likeness (QED) is 0.710. The minimum absolute atomic E-state index is 0.0431. The van der Waals surface area contributed by atoms with Crippen molar-refractivity contribution >= 4 is 43.6 Å². The predicted octanol–water partition coefficient (Wildman–Crippen LogP) is 1.60. The Morgan fingerprint density at radius 1 is 1.47 bits per heavy atom. The molecule has 4 nitrogen and oxygen atoms in total. The van der Waals surface area contributed by atoms with Crippen molar-refractivity contribution in [2.45, 2.75) is 31.5 Å². The number of ketones is 1. The molecular formula is C13H20Br2N2O2. The van der Waals surface area contributed by atoms with E-state index in [4.69, 9.17) is 5.73 Å². The number of carbonyl (C=O) groups is 2. The van der Waals surface area contributed by atoms with E-state index in [2.05, 4.69) is 37.2 Å². The molecular weight excluding hydrogens is 376 g/mol. The molecule has 0 saturated heterocycles. The number of carbonyl (C=O) groups excluding carboxylic acids is 2. The van der Waals surface area contributed by atoms with Gasteiger partial charge in [0.15, 0.2) is 5.78 Å². The minimum Gasteiger partial charge on any atom is -0.354 e. The summed E-state index contributed by atoms with van der Waals surface area (Å²) < 4.78 is 0. The van der Waals surface area contributed by atoms with Crippen LogP contribution in [0.5, 0.6) is 0 Å². The molecule has 3 atom stereocenters. The average molecular weight is 396 g/mol.